The molecule has 196 valence electrons. The Balaban J connectivity index is 1.32. The van der Waals surface area contributed by atoms with Crippen LogP contribution in [-0.2, 0) is 10.9 Å². The molecule has 6 nitrogen and oxygen atoms in total. The van der Waals surface area contributed by atoms with Crippen LogP contribution in [0.25, 0.3) is 0 Å². The minimum Gasteiger partial charge on any atom is -0.495 e. The quantitative estimate of drug-likeness (QED) is 0.422. The molecule has 0 aromatic heterocycles. The summed E-state index contributed by atoms with van der Waals surface area (Å²) in [5.41, 5.74) is 1.17. The zero-order valence-electron chi connectivity index (χ0n) is 20.6. The van der Waals surface area contributed by atoms with Crippen LogP contribution >= 0.6 is 0 Å². The first-order chi connectivity index (χ1) is 17.8. The summed E-state index contributed by atoms with van der Waals surface area (Å²) >= 11 is 0. The van der Waals surface area contributed by atoms with Crippen molar-refractivity contribution in [3.05, 3.63) is 95.6 Å². The van der Waals surface area contributed by atoms with Gasteiger partial charge >= 0.3 is 12.2 Å². The Morgan fingerprint density at radius 1 is 0.919 bits per heavy atom. The Morgan fingerprint density at radius 2 is 1.59 bits per heavy atom. The molecular formula is C28H30F3N3O3. The molecule has 1 aliphatic rings. The van der Waals surface area contributed by atoms with Gasteiger partial charge in [-0.05, 0) is 35.4 Å². The van der Waals surface area contributed by atoms with E-state index >= 15 is 0 Å². The summed E-state index contributed by atoms with van der Waals surface area (Å²) in [6.45, 7) is 3.38. The van der Waals surface area contributed by atoms with E-state index in [1.54, 1.807) is 30.2 Å². The molecule has 1 heterocycles. The number of hydrogen-bond acceptors (Lipinski definition) is 4. The molecule has 0 saturated carbocycles. The minimum absolute atomic E-state index is 0.186. The molecule has 9 heteroatoms. The van der Waals surface area contributed by atoms with E-state index in [1.165, 1.54) is 6.07 Å². The standard InChI is InChI=1S/C28H30F3N3O3/c1-36-25-13-6-5-12-24(25)32-27(35)34-16-14-33(15-17-34)18-19-37-26(21-8-3-2-4-9-21)22-10-7-11-23(20-22)28(29,30)31/h2-13,20,26H,14-19H2,1H3,(H,32,35)/t26-/m1/s1. The number of rotatable bonds is 8. The Bertz CT molecular complexity index is 1170. The fourth-order valence-corrected chi connectivity index (χ4v) is 4.31. The van der Waals surface area contributed by atoms with Gasteiger partial charge in [-0.1, -0.05) is 54.6 Å². The number of para-hydroxylation sites is 2. The SMILES string of the molecule is COc1ccccc1NC(=O)N1CCN(CCO[C@H](c2ccccc2)c2cccc(C(F)(F)F)c2)CC1. The molecule has 0 radical (unpaired) electrons. The molecule has 1 fully saturated rings. The predicted octanol–water partition coefficient (Wildman–Crippen LogP) is 5.67. The van der Waals surface area contributed by atoms with Crippen molar-refractivity contribution in [2.24, 2.45) is 0 Å². The summed E-state index contributed by atoms with van der Waals surface area (Å²) in [7, 11) is 1.56. The Hall–Kier alpha value is -3.56. The molecular weight excluding hydrogens is 483 g/mol. The van der Waals surface area contributed by atoms with Gasteiger partial charge in [0, 0.05) is 32.7 Å². The first-order valence-electron chi connectivity index (χ1n) is 12.1. The van der Waals surface area contributed by atoms with Crippen LogP contribution in [0.15, 0.2) is 78.9 Å². The van der Waals surface area contributed by atoms with Crippen LogP contribution in [0.2, 0.25) is 0 Å². The number of amides is 2. The molecule has 0 aliphatic carbocycles. The average Bonchev–Trinajstić information content (AvgIpc) is 2.92. The van der Waals surface area contributed by atoms with Gasteiger partial charge in [0.25, 0.3) is 0 Å². The number of carbonyl (C=O) groups excluding carboxylic acids is 1. The van der Waals surface area contributed by atoms with Gasteiger partial charge in [0.1, 0.15) is 11.9 Å². The average molecular weight is 514 g/mol. The molecule has 4 rings (SSSR count). The fourth-order valence-electron chi connectivity index (χ4n) is 4.31. The van der Waals surface area contributed by atoms with Crippen molar-refractivity contribution in [3.8, 4) is 5.75 Å². The predicted molar refractivity (Wildman–Crippen MR) is 136 cm³/mol. The van der Waals surface area contributed by atoms with E-state index in [0.29, 0.717) is 56.3 Å². The number of methoxy groups -OCH3 is 1. The number of halogens is 3. The number of hydrogen-bond donors (Lipinski definition) is 1. The molecule has 1 aliphatic heterocycles. The highest BCUT2D eigenvalue weighted by Crippen LogP contribution is 2.33. The molecule has 0 unspecified atom stereocenters. The number of nitrogens with zero attached hydrogens (tertiary/aromatic N) is 2. The highest BCUT2D eigenvalue weighted by molar-refractivity contribution is 5.91. The molecule has 2 amide bonds. The van der Waals surface area contributed by atoms with Gasteiger partial charge in [-0.25, -0.2) is 4.79 Å². The van der Waals surface area contributed by atoms with Crippen molar-refractivity contribution < 1.29 is 27.4 Å². The lowest BCUT2D eigenvalue weighted by Crippen LogP contribution is -2.50. The highest BCUT2D eigenvalue weighted by Gasteiger charge is 2.31. The van der Waals surface area contributed by atoms with Crippen LogP contribution in [-0.4, -0.2) is 62.3 Å². The maximum Gasteiger partial charge on any atom is 0.416 e. The largest absolute Gasteiger partial charge is 0.495 e. The van der Waals surface area contributed by atoms with Crippen molar-refractivity contribution in [1.82, 2.24) is 9.80 Å². The first-order valence-corrected chi connectivity index (χ1v) is 12.1. The number of carbonyl (C=O) groups is 1. The van der Waals surface area contributed by atoms with E-state index in [0.717, 1.165) is 17.7 Å². The van der Waals surface area contributed by atoms with Crippen molar-refractivity contribution >= 4 is 11.7 Å². The van der Waals surface area contributed by atoms with Crippen LogP contribution in [0.3, 0.4) is 0 Å². The topological polar surface area (TPSA) is 54.0 Å². The second-order valence-electron chi connectivity index (χ2n) is 8.74. The number of alkyl halides is 3. The summed E-state index contributed by atoms with van der Waals surface area (Å²) in [5.74, 6) is 0.598. The molecule has 0 spiro atoms. The molecule has 1 N–H and O–H groups in total. The molecule has 0 bridgehead atoms. The first kappa shape index (κ1) is 26.5. The van der Waals surface area contributed by atoms with Gasteiger partial charge in [-0.2, -0.15) is 13.2 Å². The van der Waals surface area contributed by atoms with Crippen LogP contribution in [0.1, 0.15) is 22.8 Å². The van der Waals surface area contributed by atoms with E-state index in [4.69, 9.17) is 9.47 Å². The third-order valence-corrected chi connectivity index (χ3v) is 6.32. The maximum absolute atomic E-state index is 13.3. The molecule has 37 heavy (non-hydrogen) atoms. The van der Waals surface area contributed by atoms with E-state index in [1.807, 2.05) is 42.5 Å². The monoisotopic (exact) mass is 513 g/mol. The Kier molecular flexibility index (Phi) is 8.68. The smallest absolute Gasteiger partial charge is 0.416 e. The lowest BCUT2D eigenvalue weighted by Gasteiger charge is -2.35. The maximum atomic E-state index is 13.3. The summed E-state index contributed by atoms with van der Waals surface area (Å²) in [6.07, 6.45) is -5.04. The summed E-state index contributed by atoms with van der Waals surface area (Å²) < 4.78 is 51.3. The van der Waals surface area contributed by atoms with E-state index in [-0.39, 0.29) is 6.03 Å². The van der Waals surface area contributed by atoms with E-state index in [9.17, 15) is 18.0 Å². The summed E-state index contributed by atoms with van der Waals surface area (Å²) in [5, 5.41) is 2.89. The van der Waals surface area contributed by atoms with Crippen molar-refractivity contribution in [2.45, 2.75) is 12.3 Å². The molecule has 1 atom stereocenters. The number of anilines is 1. The van der Waals surface area contributed by atoms with Gasteiger partial charge < -0.3 is 19.7 Å². The number of benzene rings is 3. The van der Waals surface area contributed by atoms with Gasteiger partial charge in [0.15, 0.2) is 0 Å². The van der Waals surface area contributed by atoms with Crippen LogP contribution in [0.4, 0.5) is 23.7 Å². The van der Waals surface area contributed by atoms with Gasteiger partial charge in [0.2, 0.25) is 0 Å². The Labute approximate surface area is 214 Å². The number of urea groups is 1. The van der Waals surface area contributed by atoms with E-state index < -0.39 is 17.8 Å². The molecule has 1 saturated heterocycles. The van der Waals surface area contributed by atoms with Gasteiger partial charge in [0.05, 0.1) is 25.0 Å². The van der Waals surface area contributed by atoms with E-state index in [2.05, 4.69) is 10.2 Å². The zero-order chi connectivity index (χ0) is 26.3. The number of piperazine rings is 1. The minimum atomic E-state index is -4.42. The normalized spacial score (nSPS) is 15.3. The van der Waals surface area contributed by atoms with Gasteiger partial charge in [-0.15, -0.1) is 0 Å². The zero-order valence-corrected chi connectivity index (χ0v) is 20.6. The van der Waals surface area contributed by atoms with Crippen molar-refractivity contribution in [2.75, 3.05) is 51.8 Å². The van der Waals surface area contributed by atoms with Crippen LogP contribution in [0, 0.1) is 0 Å². The number of ether oxygens (including phenoxy) is 2. The highest BCUT2D eigenvalue weighted by atomic mass is 19.4. The second kappa shape index (κ2) is 12.1. The fraction of sp³-hybridized carbons (Fsp3) is 0.321. The van der Waals surface area contributed by atoms with Crippen LogP contribution < -0.4 is 10.1 Å². The molecule has 3 aromatic rings. The molecule has 3 aromatic carbocycles. The lowest BCUT2D eigenvalue weighted by atomic mass is 9.99. The van der Waals surface area contributed by atoms with Gasteiger partial charge in [-0.3, -0.25) is 4.90 Å². The second-order valence-corrected chi connectivity index (χ2v) is 8.74. The Morgan fingerprint density at radius 3 is 2.30 bits per heavy atom. The van der Waals surface area contributed by atoms with Crippen molar-refractivity contribution in [1.29, 1.82) is 0 Å². The summed E-state index contributed by atoms with van der Waals surface area (Å²) in [6, 6.07) is 21.6. The third-order valence-electron chi connectivity index (χ3n) is 6.32. The van der Waals surface area contributed by atoms with Crippen LogP contribution in [0.5, 0.6) is 5.75 Å². The van der Waals surface area contributed by atoms with Crippen molar-refractivity contribution in [3.63, 3.8) is 0 Å². The lowest BCUT2D eigenvalue weighted by molar-refractivity contribution is -0.137. The summed E-state index contributed by atoms with van der Waals surface area (Å²) in [4.78, 5) is 16.6. The number of nitrogens with one attached hydrogen (secondary N) is 1. The third kappa shape index (κ3) is 7.02.